The molecule has 1 aromatic heterocycles. The zero-order chi connectivity index (χ0) is 19.4. The Kier molecular flexibility index (Phi) is 6.70. The Balaban J connectivity index is 1.77. The maximum atomic E-state index is 13.1. The van der Waals surface area contributed by atoms with Crippen molar-refractivity contribution in [2.75, 3.05) is 6.61 Å². The molecule has 0 radical (unpaired) electrons. The van der Waals surface area contributed by atoms with Gasteiger partial charge in [0.05, 0.1) is 11.9 Å². The smallest absolute Gasteiger partial charge is 0.239 e. The van der Waals surface area contributed by atoms with Gasteiger partial charge >= 0.3 is 0 Å². The van der Waals surface area contributed by atoms with Crippen LogP contribution in [0.5, 0.6) is 0 Å². The van der Waals surface area contributed by atoms with Gasteiger partial charge in [-0.25, -0.2) is 8.42 Å². The van der Waals surface area contributed by atoms with Crippen molar-refractivity contribution in [2.24, 2.45) is 5.92 Å². The molecule has 0 spiro atoms. The summed E-state index contributed by atoms with van der Waals surface area (Å²) in [6.07, 6.45) is 5.14. The number of nitrogens with one attached hydrogen (secondary N) is 1. The van der Waals surface area contributed by atoms with Crippen molar-refractivity contribution in [3.63, 3.8) is 0 Å². The van der Waals surface area contributed by atoms with Gasteiger partial charge in [-0.15, -0.1) is 11.3 Å². The third-order valence-electron chi connectivity index (χ3n) is 5.52. The quantitative estimate of drug-likeness (QED) is 0.742. The number of thiophene rings is 1. The van der Waals surface area contributed by atoms with Gasteiger partial charge in [-0.3, -0.25) is 9.59 Å². The fourth-order valence-corrected chi connectivity index (χ4v) is 6.85. The Morgan fingerprint density at radius 3 is 2.67 bits per heavy atom. The van der Waals surface area contributed by atoms with Crippen LogP contribution in [-0.4, -0.2) is 44.1 Å². The number of Topliss-reactive ketones (excluding diaryl/α,β-unsaturated/α-hetero) is 1. The summed E-state index contributed by atoms with van der Waals surface area (Å²) in [5.41, 5.74) is 0. The molecule has 1 aliphatic heterocycles. The van der Waals surface area contributed by atoms with Crippen LogP contribution >= 0.6 is 11.3 Å². The van der Waals surface area contributed by atoms with E-state index in [9.17, 15) is 18.0 Å². The predicted octanol–water partition coefficient (Wildman–Crippen LogP) is 2.47. The van der Waals surface area contributed by atoms with Gasteiger partial charge in [-0.2, -0.15) is 0 Å². The zero-order valence-corrected chi connectivity index (χ0v) is 17.2. The van der Waals surface area contributed by atoms with Crippen molar-refractivity contribution in [2.45, 2.75) is 68.6 Å². The normalized spacial score (nSPS) is 25.4. The second-order valence-electron chi connectivity index (χ2n) is 7.58. The second-order valence-corrected chi connectivity index (χ2v) is 10.8. The Labute approximate surface area is 164 Å². The first-order chi connectivity index (χ1) is 12.9. The topological polar surface area (TPSA) is 89.5 Å². The van der Waals surface area contributed by atoms with E-state index in [1.54, 1.807) is 13.0 Å². The van der Waals surface area contributed by atoms with Gasteiger partial charge in [0.1, 0.15) is 17.9 Å². The first-order valence-corrected chi connectivity index (χ1v) is 12.1. The van der Waals surface area contributed by atoms with E-state index in [0.29, 0.717) is 6.42 Å². The average Bonchev–Trinajstić information content (AvgIpc) is 3.25. The molecule has 150 valence electrons. The maximum absolute atomic E-state index is 13.1. The van der Waals surface area contributed by atoms with Crippen molar-refractivity contribution in [1.82, 2.24) is 5.32 Å². The minimum atomic E-state index is -3.67. The summed E-state index contributed by atoms with van der Waals surface area (Å²) < 4.78 is 31.4. The molecule has 1 N–H and O–H groups in total. The van der Waals surface area contributed by atoms with Crippen molar-refractivity contribution < 1.29 is 22.7 Å². The van der Waals surface area contributed by atoms with E-state index < -0.39 is 33.1 Å². The second kappa shape index (κ2) is 8.84. The summed E-state index contributed by atoms with van der Waals surface area (Å²) in [6.45, 7) is 1.67. The van der Waals surface area contributed by atoms with Crippen molar-refractivity contribution >= 4 is 32.9 Å². The molecule has 2 fully saturated rings. The molecule has 1 aliphatic carbocycles. The van der Waals surface area contributed by atoms with Gasteiger partial charge in [0, 0.05) is 4.88 Å². The number of amides is 1. The molecule has 3 atom stereocenters. The number of carbonyl (C=O) groups excluding carboxylic acids is 2. The summed E-state index contributed by atoms with van der Waals surface area (Å²) in [7, 11) is -3.67. The number of carbonyl (C=O) groups is 2. The van der Waals surface area contributed by atoms with Crippen LogP contribution in [0.4, 0.5) is 0 Å². The Morgan fingerprint density at radius 1 is 1.33 bits per heavy atom. The van der Waals surface area contributed by atoms with Crippen LogP contribution in [0.1, 0.15) is 50.3 Å². The van der Waals surface area contributed by atoms with E-state index in [2.05, 4.69) is 5.32 Å². The van der Waals surface area contributed by atoms with E-state index in [4.69, 9.17) is 4.74 Å². The molecule has 0 bridgehead atoms. The van der Waals surface area contributed by atoms with E-state index in [1.807, 2.05) is 11.4 Å². The molecule has 6 nitrogen and oxygen atoms in total. The fourth-order valence-electron chi connectivity index (χ4n) is 3.94. The van der Waals surface area contributed by atoms with E-state index in [0.717, 1.165) is 30.6 Å². The summed E-state index contributed by atoms with van der Waals surface area (Å²) in [5, 5.41) is 3.37. The highest BCUT2D eigenvalue weighted by molar-refractivity contribution is 7.92. The van der Waals surface area contributed by atoms with E-state index in [-0.39, 0.29) is 24.1 Å². The third-order valence-corrected chi connectivity index (χ3v) is 8.57. The van der Waals surface area contributed by atoms with Crippen molar-refractivity contribution in [3.8, 4) is 0 Å². The van der Waals surface area contributed by atoms with Crippen LogP contribution in [0.3, 0.4) is 0 Å². The molecule has 3 rings (SSSR count). The third kappa shape index (κ3) is 5.18. The van der Waals surface area contributed by atoms with Crippen LogP contribution in [0, 0.1) is 5.92 Å². The van der Waals surface area contributed by atoms with Gasteiger partial charge in [0.25, 0.3) is 0 Å². The summed E-state index contributed by atoms with van der Waals surface area (Å²) in [5.74, 6) is -0.670. The van der Waals surface area contributed by atoms with Crippen molar-refractivity contribution in [1.29, 1.82) is 0 Å². The van der Waals surface area contributed by atoms with Crippen LogP contribution in [-0.2, 0) is 29.9 Å². The SMILES string of the molecule is CC1OCC(=O)C1NC(=O)C(CC1CCCCC1)S(=O)(=O)Cc1cccs1. The highest BCUT2D eigenvalue weighted by atomic mass is 32.2. The van der Waals surface area contributed by atoms with Crippen LogP contribution in [0.25, 0.3) is 0 Å². The molecule has 27 heavy (non-hydrogen) atoms. The van der Waals surface area contributed by atoms with E-state index >= 15 is 0 Å². The molecular weight excluding hydrogens is 386 g/mol. The molecule has 3 unspecified atom stereocenters. The molecule has 0 aromatic carbocycles. The first kappa shape index (κ1) is 20.5. The number of hydrogen-bond donors (Lipinski definition) is 1. The Morgan fingerprint density at radius 2 is 2.07 bits per heavy atom. The van der Waals surface area contributed by atoms with Gasteiger partial charge in [0.15, 0.2) is 15.6 Å². The lowest BCUT2D eigenvalue weighted by Gasteiger charge is -2.27. The fraction of sp³-hybridized carbons (Fsp3) is 0.684. The number of rotatable bonds is 7. The molecular formula is C19H27NO5S2. The monoisotopic (exact) mass is 413 g/mol. The molecule has 1 amide bonds. The van der Waals surface area contributed by atoms with Gasteiger partial charge in [-0.05, 0) is 30.7 Å². The first-order valence-electron chi connectivity index (χ1n) is 9.55. The Bertz CT molecular complexity index is 753. The van der Waals surface area contributed by atoms with Gasteiger partial charge in [-0.1, -0.05) is 38.2 Å². The number of ketones is 1. The molecule has 2 aliphatic rings. The largest absolute Gasteiger partial charge is 0.368 e. The van der Waals surface area contributed by atoms with Gasteiger partial charge in [0.2, 0.25) is 5.91 Å². The lowest BCUT2D eigenvalue weighted by Crippen LogP contribution is -2.50. The summed E-state index contributed by atoms with van der Waals surface area (Å²) >= 11 is 1.37. The predicted molar refractivity (Wildman–Crippen MR) is 104 cm³/mol. The Hall–Kier alpha value is -1.25. The zero-order valence-electron chi connectivity index (χ0n) is 15.6. The van der Waals surface area contributed by atoms with Crippen molar-refractivity contribution in [3.05, 3.63) is 22.4 Å². The minimum absolute atomic E-state index is 0.0403. The number of ether oxygens (including phenoxy) is 1. The maximum Gasteiger partial charge on any atom is 0.239 e. The lowest BCUT2D eigenvalue weighted by atomic mass is 9.86. The minimum Gasteiger partial charge on any atom is -0.368 e. The number of hydrogen-bond acceptors (Lipinski definition) is 6. The average molecular weight is 414 g/mol. The van der Waals surface area contributed by atoms with Crippen LogP contribution in [0.15, 0.2) is 17.5 Å². The van der Waals surface area contributed by atoms with Crippen LogP contribution < -0.4 is 5.32 Å². The molecule has 8 heteroatoms. The summed E-state index contributed by atoms with van der Waals surface area (Å²) in [4.78, 5) is 25.6. The molecule has 2 heterocycles. The highest BCUT2D eigenvalue weighted by Crippen LogP contribution is 2.30. The summed E-state index contributed by atoms with van der Waals surface area (Å²) in [6, 6.07) is 2.82. The van der Waals surface area contributed by atoms with Gasteiger partial charge < -0.3 is 10.1 Å². The lowest BCUT2D eigenvalue weighted by molar-refractivity contribution is -0.126. The molecule has 1 saturated heterocycles. The van der Waals surface area contributed by atoms with Crippen LogP contribution in [0.2, 0.25) is 0 Å². The van der Waals surface area contributed by atoms with E-state index in [1.165, 1.54) is 17.8 Å². The number of sulfone groups is 1. The molecule has 1 aromatic rings. The molecule has 1 saturated carbocycles. The highest BCUT2D eigenvalue weighted by Gasteiger charge is 2.40. The standard InChI is InChI=1S/C19H27NO5S2/c1-13-18(16(21)11-25-13)20-19(22)17(10-14-6-3-2-4-7-14)27(23,24)12-15-8-5-9-26-15/h5,8-9,13-14,17-18H,2-4,6-7,10-12H2,1H3,(H,20,22).